The van der Waals surface area contributed by atoms with Crippen LogP contribution in [0, 0.1) is 0 Å². The number of aliphatic hydroxyl groups excluding tert-OH is 1. The Balaban J connectivity index is 5.18. The van der Waals surface area contributed by atoms with Crippen LogP contribution in [-0.4, -0.2) is 96.7 Å². The van der Waals surface area contributed by atoms with Crippen LogP contribution in [0.25, 0.3) is 0 Å². The first-order valence-corrected chi connectivity index (χ1v) is 40.8. The van der Waals surface area contributed by atoms with Crippen LogP contribution in [0.15, 0.2) is 0 Å². The maximum Gasteiger partial charge on any atom is 0.472 e. The predicted molar refractivity (Wildman–Crippen MR) is 368 cm³/mol. The normalized spacial score (nSPS) is 14.0. The average Bonchev–Trinajstić information content (AvgIpc) is 3.10. The number of rotatable bonds is 73. The molecule has 0 radical (unpaired) electrons. The number of aliphatic hydroxyl groups is 1. The van der Waals surface area contributed by atoms with Crippen LogP contribution in [-0.2, 0) is 65.4 Å². The Morgan fingerprint density at radius 3 is 0.648 bits per heavy atom. The van der Waals surface area contributed by atoms with E-state index in [4.69, 9.17) is 37.0 Å². The van der Waals surface area contributed by atoms with E-state index in [-0.39, 0.29) is 25.7 Å². The first-order chi connectivity index (χ1) is 44.2. The van der Waals surface area contributed by atoms with Gasteiger partial charge in [0.05, 0.1) is 26.4 Å². The monoisotopic (exact) mass is 1340 g/mol. The van der Waals surface area contributed by atoms with Crippen LogP contribution in [0.4, 0.5) is 0 Å². The summed E-state index contributed by atoms with van der Waals surface area (Å²) in [5.41, 5.74) is 0. The summed E-state index contributed by atoms with van der Waals surface area (Å²) in [4.78, 5) is 72.5. The SMILES string of the molecule is CCCCCCCCCCCCCCCCCCCCCC(=O)O[C@H](COC(=O)CCCCCCCCCCCCCC)COP(=O)(O)OC[C@@H](O)COP(=O)(O)OC[C@@H](COC(=O)CCCCCCCCCC)OC(=O)CCCCCCCCCCCCCC. The summed E-state index contributed by atoms with van der Waals surface area (Å²) in [5.74, 6) is -2.12. The number of phosphoric ester groups is 2. The zero-order valence-corrected chi connectivity index (χ0v) is 60.6. The molecule has 0 amide bonds. The lowest BCUT2D eigenvalue weighted by Gasteiger charge is -2.21. The molecule has 0 aliphatic carbocycles. The van der Waals surface area contributed by atoms with E-state index in [0.29, 0.717) is 25.7 Å². The minimum atomic E-state index is -4.95. The topological polar surface area (TPSA) is 237 Å². The van der Waals surface area contributed by atoms with Gasteiger partial charge in [-0.15, -0.1) is 0 Å². The van der Waals surface area contributed by atoms with E-state index in [1.165, 1.54) is 205 Å². The third-order valence-corrected chi connectivity index (χ3v) is 18.8. The Morgan fingerprint density at radius 2 is 0.440 bits per heavy atom. The van der Waals surface area contributed by atoms with Gasteiger partial charge in [-0.3, -0.25) is 37.3 Å². The molecule has 0 fully saturated rings. The highest BCUT2D eigenvalue weighted by molar-refractivity contribution is 7.47. The van der Waals surface area contributed by atoms with Crippen LogP contribution >= 0.6 is 15.6 Å². The van der Waals surface area contributed by atoms with Gasteiger partial charge in [0.2, 0.25) is 0 Å². The number of phosphoric acid groups is 2. The van der Waals surface area contributed by atoms with Gasteiger partial charge in [0.25, 0.3) is 0 Å². The Hall–Kier alpha value is -1.94. The molecular weight excluding hydrogens is 1200 g/mol. The van der Waals surface area contributed by atoms with Crippen molar-refractivity contribution in [2.45, 2.75) is 399 Å². The predicted octanol–water partition coefficient (Wildman–Crippen LogP) is 21.1. The molecule has 2 unspecified atom stereocenters. The van der Waals surface area contributed by atoms with Crippen molar-refractivity contribution in [3.63, 3.8) is 0 Å². The van der Waals surface area contributed by atoms with Crippen molar-refractivity contribution in [2.75, 3.05) is 39.6 Å². The second-order valence-corrected chi connectivity index (χ2v) is 28.9. The van der Waals surface area contributed by atoms with Crippen LogP contribution in [0.5, 0.6) is 0 Å². The average molecular weight is 1340 g/mol. The summed E-state index contributed by atoms with van der Waals surface area (Å²) in [5, 5.41) is 10.6. The van der Waals surface area contributed by atoms with Crippen LogP contribution in [0.2, 0.25) is 0 Å². The Kier molecular flexibility index (Phi) is 65.2. The highest BCUT2D eigenvalue weighted by Gasteiger charge is 2.30. The molecule has 19 heteroatoms. The maximum absolute atomic E-state index is 13.0. The van der Waals surface area contributed by atoms with Crippen molar-refractivity contribution in [3.8, 4) is 0 Å². The lowest BCUT2D eigenvalue weighted by Crippen LogP contribution is -2.30. The number of carbonyl (C=O) groups excluding carboxylic acids is 4. The molecule has 0 heterocycles. The fraction of sp³-hybridized carbons (Fsp3) is 0.944. The third-order valence-electron chi connectivity index (χ3n) is 16.9. The second kappa shape index (κ2) is 66.7. The largest absolute Gasteiger partial charge is 0.472 e. The fourth-order valence-corrected chi connectivity index (χ4v) is 12.6. The van der Waals surface area contributed by atoms with E-state index < -0.39 is 97.5 Å². The molecule has 0 bridgehead atoms. The second-order valence-electron chi connectivity index (χ2n) is 26.0. The molecule has 0 rings (SSSR count). The van der Waals surface area contributed by atoms with E-state index in [1.807, 2.05) is 0 Å². The maximum atomic E-state index is 13.0. The van der Waals surface area contributed by atoms with Crippen molar-refractivity contribution >= 4 is 39.5 Å². The summed E-state index contributed by atoms with van der Waals surface area (Å²) < 4.78 is 68.3. The molecule has 91 heavy (non-hydrogen) atoms. The van der Waals surface area contributed by atoms with Crippen LogP contribution < -0.4 is 0 Å². The van der Waals surface area contributed by atoms with E-state index in [2.05, 4.69) is 27.7 Å². The highest BCUT2D eigenvalue weighted by atomic mass is 31.2. The van der Waals surface area contributed by atoms with Crippen molar-refractivity contribution in [1.29, 1.82) is 0 Å². The number of carbonyl (C=O) groups is 4. The summed E-state index contributed by atoms with van der Waals surface area (Å²) in [6.45, 7) is 4.93. The Labute approximate surface area is 556 Å². The zero-order valence-electron chi connectivity index (χ0n) is 58.8. The molecule has 3 N–H and O–H groups in total. The fourth-order valence-electron chi connectivity index (χ4n) is 11.0. The summed E-state index contributed by atoms with van der Waals surface area (Å²) in [7, 11) is -9.90. The summed E-state index contributed by atoms with van der Waals surface area (Å²) in [6, 6.07) is 0. The molecule has 17 nitrogen and oxygen atoms in total. The lowest BCUT2D eigenvalue weighted by atomic mass is 10.0. The Morgan fingerprint density at radius 1 is 0.264 bits per heavy atom. The van der Waals surface area contributed by atoms with E-state index in [9.17, 15) is 43.2 Å². The molecular formula is C72H140O17P2. The van der Waals surface area contributed by atoms with Crippen LogP contribution in [0.3, 0.4) is 0 Å². The molecule has 0 saturated heterocycles. The third kappa shape index (κ3) is 66.5. The van der Waals surface area contributed by atoms with Gasteiger partial charge < -0.3 is 33.8 Å². The molecule has 540 valence electrons. The standard InChI is InChI=1S/C72H140O17P2/c1-5-9-13-17-21-25-28-31-32-33-34-35-36-37-40-43-47-51-55-59-72(77)89-68(63-83-70(75)57-53-49-45-41-38-29-26-22-18-14-10-6-2)65-87-91(80,81)85-61-66(73)60-84-90(78,79)86-64-67(62-82-69(74)56-52-48-44-24-20-16-12-8-4)88-71(76)58-54-50-46-42-39-30-27-23-19-15-11-7-3/h66-68,73H,5-65H2,1-4H3,(H,78,79)(H,80,81)/t66-,67+,68+/m0/s1. The molecule has 0 aliphatic rings. The first-order valence-electron chi connectivity index (χ1n) is 37.8. The molecule has 0 saturated carbocycles. The molecule has 0 aliphatic heterocycles. The van der Waals surface area contributed by atoms with E-state index >= 15 is 0 Å². The Bertz CT molecular complexity index is 1740. The minimum absolute atomic E-state index is 0.108. The van der Waals surface area contributed by atoms with Crippen molar-refractivity contribution in [2.24, 2.45) is 0 Å². The smallest absolute Gasteiger partial charge is 0.462 e. The molecule has 0 aromatic rings. The first kappa shape index (κ1) is 89.1. The quantitative estimate of drug-likeness (QED) is 0.0222. The lowest BCUT2D eigenvalue weighted by molar-refractivity contribution is -0.161. The van der Waals surface area contributed by atoms with Gasteiger partial charge in [0.1, 0.15) is 19.3 Å². The van der Waals surface area contributed by atoms with E-state index in [0.717, 1.165) is 96.3 Å². The van der Waals surface area contributed by atoms with Gasteiger partial charge in [-0.05, 0) is 25.7 Å². The van der Waals surface area contributed by atoms with Gasteiger partial charge in [-0.25, -0.2) is 9.13 Å². The highest BCUT2D eigenvalue weighted by Crippen LogP contribution is 2.45. The van der Waals surface area contributed by atoms with Crippen molar-refractivity contribution < 1.29 is 80.2 Å². The summed E-state index contributed by atoms with van der Waals surface area (Å²) >= 11 is 0. The van der Waals surface area contributed by atoms with Crippen molar-refractivity contribution in [3.05, 3.63) is 0 Å². The van der Waals surface area contributed by atoms with Gasteiger partial charge in [-0.1, -0.05) is 329 Å². The van der Waals surface area contributed by atoms with E-state index in [1.54, 1.807) is 0 Å². The molecule has 0 aromatic carbocycles. The number of ether oxygens (including phenoxy) is 4. The number of esters is 4. The molecule has 0 aromatic heterocycles. The number of hydrogen-bond donors (Lipinski definition) is 3. The zero-order chi connectivity index (χ0) is 66.8. The summed E-state index contributed by atoms with van der Waals surface area (Å²) in [6.07, 6.45) is 55.5. The van der Waals surface area contributed by atoms with Gasteiger partial charge in [-0.2, -0.15) is 0 Å². The van der Waals surface area contributed by atoms with Crippen molar-refractivity contribution in [1.82, 2.24) is 0 Å². The van der Waals surface area contributed by atoms with Gasteiger partial charge in [0.15, 0.2) is 12.2 Å². The minimum Gasteiger partial charge on any atom is -0.462 e. The van der Waals surface area contributed by atoms with Crippen LogP contribution in [0.1, 0.15) is 381 Å². The van der Waals surface area contributed by atoms with Gasteiger partial charge in [0, 0.05) is 25.7 Å². The molecule has 5 atom stereocenters. The number of hydrogen-bond acceptors (Lipinski definition) is 15. The molecule has 0 spiro atoms. The van der Waals surface area contributed by atoms with Gasteiger partial charge >= 0.3 is 39.5 Å². The number of unbranched alkanes of at least 4 members (excludes halogenated alkanes) is 47.